The van der Waals surface area contributed by atoms with E-state index in [2.05, 4.69) is 0 Å². The second kappa shape index (κ2) is 8.98. The molecule has 0 bridgehead atoms. The van der Waals surface area contributed by atoms with Crippen LogP contribution in [-0.4, -0.2) is 46.5 Å². The Morgan fingerprint density at radius 3 is 1.78 bits per heavy atom. The van der Waals surface area contributed by atoms with Crippen LogP contribution in [0.2, 0.25) is 0 Å². The van der Waals surface area contributed by atoms with Crippen LogP contribution in [0.3, 0.4) is 0 Å². The number of nitrogens with zero attached hydrogens (tertiary/aromatic N) is 1. The molecular formula is C19H23NO7. The van der Waals surface area contributed by atoms with Crippen LogP contribution in [0.15, 0.2) is 24.3 Å². The number of hydrogen-bond donors (Lipinski definition) is 2. The Hall–Kier alpha value is -3.16. The average molecular weight is 377 g/mol. The molecule has 1 aromatic heterocycles. The number of esters is 2. The molecule has 8 nitrogen and oxygen atoms in total. The van der Waals surface area contributed by atoms with E-state index in [1.54, 1.807) is 38.1 Å². The number of benzene rings is 1. The maximum atomic E-state index is 12.3. The molecule has 0 unspecified atom stereocenters. The number of carbonyl (C=O) groups is 2. The fourth-order valence-electron chi connectivity index (χ4n) is 2.49. The van der Waals surface area contributed by atoms with Gasteiger partial charge in [-0.3, -0.25) is 4.57 Å². The molecule has 0 atom stereocenters. The second-order valence-corrected chi connectivity index (χ2v) is 5.51. The zero-order chi connectivity index (χ0) is 20.0. The molecule has 0 spiro atoms. The molecule has 1 aromatic carbocycles. The molecular weight excluding hydrogens is 354 g/mol. The van der Waals surface area contributed by atoms with E-state index in [4.69, 9.17) is 14.2 Å². The van der Waals surface area contributed by atoms with E-state index in [9.17, 15) is 19.8 Å². The summed E-state index contributed by atoms with van der Waals surface area (Å²) in [4.78, 5) is 24.6. The number of rotatable bonds is 8. The molecule has 8 heteroatoms. The van der Waals surface area contributed by atoms with Gasteiger partial charge in [0.15, 0.2) is 22.9 Å². The van der Waals surface area contributed by atoms with Crippen molar-refractivity contribution in [2.45, 2.75) is 27.2 Å². The highest BCUT2D eigenvalue weighted by atomic mass is 16.5. The summed E-state index contributed by atoms with van der Waals surface area (Å²) < 4.78 is 16.5. The fourth-order valence-corrected chi connectivity index (χ4v) is 2.49. The summed E-state index contributed by atoms with van der Waals surface area (Å²) in [6.07, 6.45) is 0.848. The fraction of sp³-hybridized carbons (Fsp3) is 0.368. The molecule has 0 saturated heterocycles. The lowest BCUT2D eigenvalue weighted by Crippen LogP contribution is -2.16. The molecule has 146 valence electrons. The first kappa shape index (κ1) is 20.2. The number of hydrogen-bond acceptors (Lipinski definition) is 7. The third kappa shape index (κ3) is 4.16. The zero-order valence-corrected chi connectivity index (χ0v) is 15.5. The van der Waals surface area contributed by atoms with Gasteiger partial charge in [-0.15, -0.1) is 0 Å². The van der Waals surface area contributed by atoms with Crippen molar-refractivity contribution in [1.29, 1.82) is 0 Å². The van der Waals surface area contributed by atoms with Gasteiger partial charge in [0.05, 0.1) is 19.8 Å². The van der Waals surface area contributed by atoms with Crippen molar-refractivity contribution < 1.29 is 34.0 Å². The van der Waals surface area contributed by atoms with E-state index in [1.165, 1.54) is 0 Å². The minimum atomic E-state index is -0.882. The van der Waals surface area contributed by atoms with E-state index in [-0.39, 0.29) is 24.6 Å². The highest BCUT2D eigenvalue weighted by Gasteiger charge is 2.33. The Kier molecular flexibility index (Phi) is 6.70. The standard InChI is InChI=1S/C19H23NO7/c1-4-11-27-13-9-7-12(8-10-13)20-14(18(23)25-5-2)16(21)17(22)15(20)19(24)26-6-3/h7-10,21-22H,4-6,11H2,1-3H3. The Labute approximate surface area is 156 Å². The Balaban J connectivity index is 2.61. The smallest absolute Gasteiger partial charge is 0.359 e. The van der Waals surface area contributed by atoms with Crippen molar-refractivity contribution in [3.8, 4) is 22.9 Å². The van der Waals surface area contributed by atoms with Crippen molar-refractivity contribution in [3.05, 3.63) is 35.7 Å². The van der Waals surface area contributed by atoms with Gasteiger partial charge in [-0.2, -0.15) is 0 Å². The summed E-state index contributed by atoms with van der Waals surface area (Å²) in [7, 11) is 0. The highest BCUT2D eigenvalue weighted by molar-refractivity contribution is 6.00. The van der Waals surface area contributed by atoms with Crippen LogP contribution in [0.4, 0.5) is 0 Å². The van der Waals surface area contributed by atoms with Crippen molar-refractivity contribution in [2.24, 2.45) is 0 Å². The average Bonchev–Trinajstić information content (AvgIpc) is 2.92. The molecule has 2 rings (SSSR count). The summed E-state index contributed by atoms with van der Waals surface area (Å²) in [6, 6.07) is 6.50. The van der Waals surface area contributed by atoms with Gasteiger partial charge < -0.3 is 24.4 Å². The monoisotopic (exact) mass is 377 g/mol. The Morgan fingerprint density at radius 2 is 1.37 bits per heavy atom. The Bertz CT molecular complexity index is 767. The minimum Gasteiger partial charge on any atom is -0.503 e. The van der Waals surface area contributed by atoms with Gasteiger partial charge in [0.2, 0.25) is 0 Å². The number of ether oxygens (including phenoxy) is 3. The predicted octanol–water partition coefficient (Wildman–Crippen LogP) is 3.03. The molecule has 1 heterocycles. The number of aromatic hydroxyl groups is 2. The lowest BCUT2D eigenvalue weighted by molar-refractivity contribution is 0.0507. The second-order valence-electron chi connectivity index (χ2n) is 5.51. The zero-order valence-electron chi connectivity index (χ0n) is 15.5. The van der Waals surface area contributed by atoms with Crippen LogP contribution < -0.4 is 4.74 Å². The van der Waals surface area contributed by atoms with Crippen LogP contribution in [-0.2, 0) is 9.47 Å². The third-order valence-corrected chi connectivity index (χ3v) is 3.63. The molecule has 0 saturated carbocycles. The summed E-state index contributed by atoms with van der Waals surface area (Å²) in [6.45, 7) is 5.86. The quantitative estimate of drug-likeness (QED) is 0.681. The molecule has 0 aliphatic carbocycles. The van der Waals surface area contributed by atoms with Crippen molar-refractivity contribution in [1.82, 2.24) is 4.57 Å². The molecule has 0 fully saturated rings. The maximum Gasteiger partial charge on any atom is 0.359 e. The topological polar surface area (TPSA) is 107 Å². The Morgan fingerprint density at radius 1 is 0.889 bits per heavy atom. The minimum absolute atomic E-state index is 0.0583. The lowest BCUT2D eigenvalue weighted by Gasteiger charge is -2.13. The molecule has 0 aliphatic rings. The summed E-state index contributed by atoms with van der Waals surface area (Å²) in [5.74, 6) is -2.65. The van der Waals surface area contributed by atoms with Crippen LogP contribution in [0.1, 0.15) is 48.2 Å². The van der Waals surface area contributed by atoms with Crippen molar-refractivity contribution in [2.75, 3.05) is 19.8 Å². The van der Waals surface area contributed by atoms with Gasteiger partial charge in [0.25, 0.3) is 0 Å². The third-order valence-electron chi connectivity index (χ3n) is 3.63. The lowest BCUT2D eigenvalue weighted by atomic mass is 10.2. The van der Waals surface area contributed by atoms with Gasteiger partial charge in [-0.1, -0.05) is 6.92 Å². The maximum absolute atomic E-state index is 12.3. The van der Waals surface area contributed by atoms with Gasteiger partial charge >= 0.3 is 11.9 Å². The SMILES string of the molecule is CCCOc1ccc(-n2c(C(=O)OCC)c(O)c(O)c2C(=O)OCC)cc1. The summed E-state index contributed by atoms with van der Waals surface area (Å²) in [5.41, 5.74) is -0.375. The largest absolute Gasteiger partial charge is 0.503 e. The van der Waals surface area contributed by atoms with Gasteiger partial charge in [0, 0.05) is 5.69 Å². The van der Waals surface area contributed by atoms with Crippen molar-refractivity contribution >= 4 is 11.9 Å². The van der Waals surface area contributed by atoms with E-state index in [1.807, 2.05) is 6.92 Å². The summed E-state index contributed by atoms with van der Waals surface area (Å²) in [5, 5.41) is 20.5. The van der Waals surface area contributed by atoms with Gasteiger partial charge in [-0.25, -0.2) is 9.59 Å². The van der Waals surface area contributed by atoms with Crippen LogP contribution in [0, 0.1) is 0 Å². The van der Waals surface area contributed by atoms with Crippen molar-refractivity contribution in [3.63, 3.8) is 0 Å². The molecule has 0 aliphatic heterocycles. The first-order valence-corrected chi connectivity index (χ1v) is 8.70. The summed E-state index contributed by atoms with van der Waals surface area (Å²) >= 11 is 0. The van der Waals surface area contributed by atoms with E-state index in [0.717, 1.165) is 11.0 Å². The number of aromatic nitrogens is 1. The number of carbonyl (C=O) groups excluding carboxylic acids is 2. The van der Waals surface area contributed by atoms with Gasteiger partial charge in [-0.05, 0) is 44.5 Å². The predicted molar refractivity (Wildman–Crippen MR) is 96.8 cm³/mol. The normalized spacial score (nSPS) is 10.5. The first-order chi connectivity index (χ1) is 13.0. The first-order valence-electron chi connectivity index (χ1n) is 8.70. The molecule has 0 amide bonds. The van der Waals surface area contributed by atoms with Crippen LogP contribution in [0.5, 0.6) is 17.2 Å². The molecule has 2 aromatic rings. The van der Waals surface area contributed by atoms with Gasteiger partial charge in [0.1, 0.15) is 5.75 Å². The molecule has 27 heavy (non-hydrogen) atoms. The highest BCUT2D eigenvalue weighted by Crippen LogP contribution is 2.39. The molecule has 0 radical (unpaired) electrons. The van der Waals surface area contributed by atoms with E-state index < -0.39 is 23.4 Å². The van der Waals surface area contributed by atoms with Crippen LogP contribution in [0.25, 0.3) is 5.69 Å². The van der Waals surface area contributed by atoms with E-state index >= 15 is 0 Å². The van der Waals surface area contributed by atoms with Crippen LogP contribution >= 0.6 is 0 Å². The van der Waals surface area contributed by atoms with E-state index in [0.29, 0.717) is 18.0 Å². The molecule has 2 N–H and O–H groups in total.